The van der Waals surface area contributed by atoms with Crippen LogP contribution >= 0.6 is 0 Å². The minimum Gasteiger partial charge on any atom is -0.372 e. The SMILES string of the molecule is Cc1ccc2c(c1)NC(Cc1ccccc1)C(=O)N2. The Balaban J connectivity index is 1.83. The summed E-state index contributed by atoms with van der Waals surface area (Å²) >= 11 is 0. The Hall–Kier alpha value is -2.29. The number of rotatable bonds is 2. The molecule has 0 bridgehead atoms. The molecule has 3 nitrogen and oxygen atoms in total. The maximum Gasteiger partial charge on any atom is 0.247 e. The largest absolute Gasteiger partial charge is 0.372 e. The highest BCUT2D eigenvalue weighted by Gasteiger charge is 2.25. The first-order valence-corrected chi connectivity index (χ1v) is 6.44. The van der Waals surface area contributed by atoms with Crippen LogP contribution in [0.15, 0.2) is 48.5 Å². The molecule has 1 heterocycles. The minimum atomic E-state index is -0.211. The molecule has 0 spiro atoms. The number of aryl methyl sites for hydroxylation is 1. The maximum absolute atomic E-state index is 12.1. The molecule has 1 aliphatic rings. The van der Waals surface area contributed by atoms with E-state index < -0.39 is 0 Å². The third-order valence-electron chi connectivity index (χ3n) is 3.36. The van der Waals surface area contributed by atoms with Crippen LogP contribution in [0, 0.1) is 6.92 Å². The topological polar surface area (TPSA) is 41.1 Å². The number of anilines is 2. The molecule has 3 heteroatoms. The van der Waals surface area contributed by atoms with Crippen LogP contribution in [0.2, 0.25) is 0 Å². The lowest BCUT2D eigenvalue weighted by molar-refractivity contribution is -0.117. The van der Waals surface area contributed by atoms with E-state index in [4.69, 9.17) is 0 Å². The van der Waals surface area contributed by atoms with Crippen molar-refractivity contribution in [2.75, 3.05) is 10.6 Å². The fourth-order valence-corrected chi connectivity index (χ4v) is 2.35. The Morgan fingerprint density at radius 2 is 1.84 bits per heavy atom. The summed E-state index contributed by atoms with van der Waals surface area (Å²) in [6.45, 7) is 2.05. The van der Waals surface area contributed by atoms with E-state index in [0.717, 1.165) is 16.9 Å². The molecule has 1 atom stereocenters. The molecule has 2 aromatic rings. The van der Waals surface area contributed by atoms with Gasteiger partial charge in [0, 0.05) is 6.42 Å². The molecular formula is C16H16N2O. The summed E-state index contributed by atoms with van der Waals surface area (Å²) in [7, 11) is 0. The smallest absolute Gasteiger partial charge is 0.247 e. The molecule has 3 rings (SSSR count). The van der Waals surface area contributed by atoms with E-state index in [-0.39, 0.29) is 11.9 Å². The molecule has 1 aliphatic heterocycles. The Morgan fingerprint density at radius 3 is 2.63 bits per heavy atom. The number of hydrogen-bond acceptors (Lipinski definition) is 2. The van der Waals surface area contributed by atoms with Crippen LogP contribution in [-0.4, -0.2) is 11.9 Å². The third kappa shape index (κ3) is 2.45. The molecule has 2 aromatic carbocycles. The van der Waals surface area contributed by atoms with Crippen LogP contribution in [-0.2, 0) is 11.2 Å². The Bertz CT molecular complexity index is 607. The summed E-state index contributed by atoms with van der Waals surface area (Å²) in [5.74, 6) is 0.0280. The molecule has 96 valence electrons. The van der Waals surface area contributed by atoms with Gasteiger partial charge in [-0.2, -0.15) is 0 Å². The number of fused-ring (bicyclic) bond motifs is 1. The molecule has 0 saturated carbocycles. The van der Waals surface area contributed by atoms with Crippen molar-refractivity contribution < 1.29 is 4.79 Å². The number of benzene rings is 2. The van der Waals surface area contributed by atoms with Gasteiger partial charge in [0.25, 0.3) is 0 Å². The number of nitrogens with one attached hydrogen (secondary N) is 2. The van der Waals surface area contributed by atoms with Crippen LogP contribution in [0.1, 0.15) is 11.1 Å². The van der Waals surface area contributed by atoms with Gasteiger partial charge in [0.05, 0.1) is 11.4 Å². The average molecular weight is 252 g/mol. The molecule has 0 aromatic heterocycles. The predicted octanol–water partition coefficient (Wildman–Crippen LogP) is 2.97. The number of amides is 1. The van der Waals surface area contributed by atoms with E-state index in [2.05, 4.69) is 16.7 Å². The normalized spacial score (nSPS) is 17.3. The maximum atomic E-state index is 12.1. The van der Waals surface area contributed by atoms with Gasteiger partial charge in [-0.1, -0.05) is 36.4 Å². The predicted molar refractivity (Wildman–Crippen MR) is 77.4 cm³/mol. The van der Waals surface area contributed by atoms with E-state index in [1.54, 1.807) is 0 Å². The van der Waals surface area contributed by atoms with Crippen molar-refractivity contribution in [3.05, 3.63) is 59.7 Å². The van der Waals surface area contributed by atoms with Crippen molar-refractivity contribution in [2.45, 2.75) is 19.4 Å². The second kappa shape index (κ2) is 4.76. The van der Waals surface area contributed by atoms with Crippen molar-refractivity contribution in [1.82, 2.24) is 0 Å². The lowest BCUT2D eigenvalue weighted by atomic mass is 10.0. The number of carbonyl (C=O) groups is 1. The zero-order valence-corrected chi connectivity index (χ0v) is 10.8. The summed E-state index contributed by atoms with van der Waals surface area (Å²) in [6.07, 6.45) is 0.694. The first-order valence-electron chi connectivity index (χ1n) is 6.44. The molecule has 1 unspecified atom stereocenters. The fourth-order valence-electron chi connectivity index (χ4n) is 2.35. The molecule has 0 fully saturated rings. The van der Waals surface area contributed by atoms with Gasteiger partial charge in [-0.05, 0) is 30.2 Å². The van der Waals surface area contributed by atoms with Crippen LogP contribution in [0.5, 0.6) is 0 Å². The van der Waals surface area contributed by atoms with Crippen molar-refractivity contribution in [3.63, 3.8) is 0 Å². The molecule has 19 heavy (non-hydrogen) atoms. The van der Waals surface area contributed by atoms with Gasteiger partial charge in [0.2, 0.25) is 5.91 Å². The summed E-state index contributed by atoms with van der Waals surface area (Å²) in [6, 6.07) is 15.8. The quantitative estimate of drug-likeness (QED) is 0.862. The molecular weight excluding hydrogens is 236 g/mol. The molecule has 1 amide bonds. The van der Waals surface area contributed by atoms with Gasteiger partial charge in [0.1, 0.15) is 6.04 Å². The van der Waals surface area contributed by atoms with Crippen molar-refractivity contribution >= 4 is 17.3 Å². The first-order chi connectivity index (χ1) is 9.22. The van der Waals surface area contributed by atoms with Gasteiger partial charge in [-0.25, -0.2) is 0 Å². The monoisotopic (exact) mass is 252 g/mol. The zero-order valence-electron chi connectivity index (χ0n) is 10.8. The second-order valence-corrected chi connectivity index (χ2v) is 4.92. The first kappa shape index (κ1) is 11.8. The van der Waals surface area contributed by atoms with Gasteiger partial charge in [-0.3, -0.25) is 4.79 Å². The minimum absolute atomic E-state index is 0.0280. The van der Waals surface area contributed by atoms with Crippen LogP contribution in [0.25, 0.3) is 0 Å². The lowest BCUT2D eigenvalue weighted by Crippen LogP contribution is -2.40. The van der Waals surface area contributed by atoms with E-state index in [1.165, 1.54) is 5.56 Å². The highest BCUT2D eigenvalue weighted by atomic mass is 16.2. The molecule has 0 radical (unpaired) electrons. The van der Waals surface area contributed by atoms with Crippen LogP contribution in [0.4, 0.5) is 11.4 Å². The number of carbonyl (C=O) groups excluding carboxylic acids is 1. The Kier molecular flexibility index (Phi) is 2.95. The Morgan fingerprint density at radius 1 is 1.05 bits per heavy atom. The van der Waals surface area contributed by atoms with E-state index in [9.17, 15) is 4.79 Å². The number of hydrogen-bond donors (Lipinski definition) is 2. The van der Waals surface area contributed by atoms with Crippen molar-refractivity contribution in [1.29, 1.82) is 0 Å². The van der Waals surface area contributed by atoms with Crippen molar-refractivity contribution in [3.8, 4) is 0 Å². The average Bonchev–Trinajstić information content (AvgIpc) is 2.41. The van der Waals surface area contributed by atoms with Gasteiger partial charge in [-0.15, -0.1) is 0 Å². The molecule has 2 N–H and O–H groups in total. The summed E-state index contributed by atoms with van der Waals surface area (Å²) < 4.78 is 0. The highest BCUT2D eigenvalue weighted by Crippen LogP contribution is 2.28. The molecule has 0 aliphatic carbocycles. The van der Waals surface area contributed by atoms with Crippen LogP contribution in [0.3, 0.4) is 0 Å². The summed E-state index contributed by atoms with van der Waals surface area (Å²) in [4.78, 5) is 12.1. The second-order valence-electron chi connectivity index (χ2n) is 4.92. The van der Waals surface area contributed by atoms with E-state index in [1.807, 2.05) is 49.4 Å². The molecule has 0 saturated heterocycles. The highest BCUT2D eigenvalue weighted by molar-refractivity contribution is 6.03. The third-order valence-corrected chi connectivity index (χ3v) is 3.36. The summed E-state index contributed by atoms with van der Waals surface area (Å²) in [5.41, 5.74) is 4.20. The lowest BCUT2D eigenvalue weighted by Gasteiger charge is -2.27. The standard InChI is InChI=1S/C16H16N2O/c1-11-7-8-13-14(9-11)17-15(16(19)18-13)10-12-5-3-2-4-6-12/h2-9,15,17H,10H2,1H3,(H,18,19). The van der Waals surface area contributed by atoms with E-state index in [0.29, 0.717) is 6.42 Å². The van der Waals surface area contributed by atoms with Crippen LogP contribution < -0.4 is 10.6 Å². The van der Waals surface area contributed by atoms with Gasteiger partial charge >= 0.3 is 0 Å². The van der Waals surface area contributed by atoms with Gasteiger partial charge in [0.15, 0.2) is 0 Å². The summed E-state index contributed by atoms with van der Waals surface area (Å²) in [5, 5.41) is 6.28. The van der Waals surface area contributed by atoms with E-state index >= 15 is 0 Å². The zero-order chi connectivity index (χ0) is 13.2. The fraction of sp³-hybridized carbons (Fsp3) is 0.188. The van der Waals surface area contributed by atoms with Gasteiger partial charge < -0.3 is 10.6 Å². The Labute approximate surface area is 112 Å². The van der Waals surface area contributed by atoms with Crippen molar-refractivity contribution in [2.24, 2.45) is 0 Å².